The summed E-state index contributed by atoms with van der Waals surface area (Å²) in [5.74, 6) is -0.699. The third-order valence-corrected chi connectivity index (χ3v) is 3.03. The number of methoxy groups -OCH3 is 1. The van der Waals surface area contributed by atoms with Gasteiger partial charge in [0.2, 0.25) is 0 Å². The van der Waals surface area contributed by atoms with E-state index in [4.69, 9.17) is 4.74 Å². The smallest absolute Gasteiger partial charge is 0.330 e. The van der Waals surface area contributed by atoms with E-state index in [1.165, 1.54) is 58.1 Å². The van der Waals surface area contributed by atoms with Crippen LogP contribution in [0.25, 0.3) is 0 Å². The topological polar surface area (TPSA) is 52.6 Å². The second-order valence-electron chi connectivity index (χ2n) is 4.93. The van der Waals surface area contributed by atoms with Gasteiger partial charge in [-0.05, 0) is 6.42 Å². The fourth-order valence-electron chi connectivity index (χ4n) is 1.73. The molecule has 0 aromatic heterocycles. The Bertz CT molecular complexity index is 297. The summed E-state index contributed by atoms with van der Waals surface area (Å²) < 4.78 is 9.04. The van der Waals surface area contributed by atoms with Crippen molar-refractivity contribution >= 4 is 11.9 Å². The molecule has 0 N–H and O–H groups in total. The SMILES string of the molecule is C=CC(=O)OC.C=CC(=O)OCCCCCCCCCCC. The minimum atomic E-state index is -0.394. The summed E-state index contributed by atoms with van der Waals surface area (Å²) in [5.41, 5.74) is 0. The zero-order chi connectivity index (χ0) is 17.1. The van der Waals surface area contributed by atoms with Gasteiger partial charge < -0.3 is 9.47 Å². The van der Waals surface area contributed by atoms with E-state index in [1.54, 1.807) is 0 Å². The molecule has 0 aromatic carbocycles. The van der Waals surface area contributed by atoms with Gasteiger partial charge in [-0.25, -0.2) is 9.59 Å². The number of carbonyl (C=O) groups excluding carboxylic acids is 2. The van der Waals surface area contributed by atoms with Crippen molar-refractivity contribution in [3.05, 3.63) is 25.3 Å². The summed E-state index contributed by atoms with van der Waals surface area (Å²) >= 11 is 0. The van der Waals surface area contributed by atoms with E-state index in [0.29, 0.717) is 6.61 Å². The summed E-state index contributed by atoms with van der Waals surface area (Å²) in [6, 6.07) is 0. The highest BCUT2D eigenvalue weighted by molar-refractivity contribution is 5.81. The summed E-state index contributed by atoms with van der Waals surface area (Å²) in [5, 5.41) is 0. The maximum Gasteiger partial charge on any atom is 0.330 e. The van der Waals surface area contributed by atoms with E-state index >= 15 is 0 Å². The molecular weight excluding hydrogens is 280 g/mol. The average molecular weight is 312 g/mol. The largest absolute Gasteiger partial charge is 0.466 e. The van der Waals surface area contributed by atoms with Crippen molar-refractivity contribution in [1.82, 2.24) is 0 Å². The summed E-state index contributed by atoms with van der Waals surface area (Å²) in [6.45, 7) is 9.29. The minimum Gasteiger partial charge on any atom is -0.466 e. The molecule has 128 valence electrons. The first kappa shape index (κ1) is 22.7. The molecule has 0 saturated heterocycles. The lowest BCUT2D eigenvalue weighted by Crippen LogP contribution is -2.01. The van der Waals surface area contributed by atoms with Crippen molar-refractivity contribution in [1.29, 1.82) is 0 Å². The van der Waals surface area contributed by atoms with E-state index in [1.807, 2.05) is 0 Å². The Balaban J connectivity index is 0. The van der Waals surface area contributed by atoms with Gasteiger partial charge in [0.25, 0.3) is 0 Å². The van der Waals surface area contributed by atoms with Crippen molar-refractivity contribution in [3.63, 3.8) is 0 Å². The maximum absolute atomic E-state index is 10.7. The first-order valence-corrected chi connectivity index (χ1v) is 8.11. The van der Waals surface area contributed by atoms with E-state index in [-0.39, 0.29) is 5.97 Å². The van der Waals surface area contributed by atoms with Crippen molar-refractivity contribution in [2.75, 3.05) is 13.7 Å². The fourth-order valence-corrected chi connectivity index (χ4v) is 1.73. The van der Waals surface area contributed by atoms with Gasteiger partial charge in [-0.15, -0.1) is 0 Å². The average Bonchev–Trinajstić information content (AvgIpc) is 2.56. The zero-order valence-corrected chi connectivity index (χ0v) is 14.3. The van der Waals surface area contributed by atoms with Crippen LogP contribution in [0, 0.1) is 0 Å². The lowest BCUT2D eigenvalue weighted by Gasteiger charge is -2.02. The van der Waals surface area contributed by atoms with Crippen LogP contribution in [0.1, 0.15) is 64.7 Å². The van der Waals surface area contributed by atoms with Crippen LogP contribution >= 0.6 is 0 Å². The zero-order valence-electron chi connectivity index (χ0n) is 14.3. The second-order valence-corrected chi connectivity index (χ2v) is 4.93. The predicted molar refractivity (Wildman–Crippen MR) is 90.6 cm³/mol. The van der Waals surface area contributed by atoms with Crippen LogP contribution in [-0.4, -0.2) is 25.7 Å². The first-order chi connectivity index (χ1) is 10.6. The van der Waals surface area contributed by atoms with Crippen molar-refractivity contribution in [3.8, 4) is 0 Å². The van der Waals surface area contributed by atoms with Gasteiger partial charge in [0, 0.05) is 12.2 Å². The molecule has 0 spiro atoms. The Morgan fingerprint density at radius 2 is 1.27 bits per heavy atom. The normalized spacial score (nSPS) is 9.18. The van der Waals surface area contributed by atoms with Crippen molar-refractivity contribution in [2.24, 2.45) is 0 Å². The molecule has 0 aliphatic heterocycles. The number of unbranched alkanes of at least 4 members (excludes halogenated alkanes) is 8. The van der Waals surface area contributed by atoms with Gasteiger partial charge in [0.15, 0.2) is 0 Å². The van der Waals surface area contributed by atoms with E-state index in [9.17, 15) is 9.59 Å². The molecule has 0 heterocycles. The van der Waals surface area contributed by atoms with Crippen molar-refractivity contribution in [2.45, 2.75) is 64.7 Å². The van der Waals surface area contributed by atoms with Gasteiger partial charge >= 0.3 is 11.9 Å². The number of rotatable bonds is 12. The standard InChI is InChI=1S/C14H26O2.C4H6O2/c1-3-5-6-7-8-9-10-11-12-13-16-14(15)4-2;1-3-4(5)6-2/h4H,2-3,5-13H2,1H3;3H,1H2,2H3. The van der Waals surface area contributed by atoms with Crippen LogP contribution < -0.4 is 0 Å². The molecule has 0 amide bonds. The van der Waals surface area contributed by atoms with Crippen LogP contribution in [0.15, 0.2) is 25.3 Å². The molecule has 0 aliphatic rings. The van der Waals surface area contributed by atoms with Crippen LogP contribution in [0.4, 0.5) is 0 Å². The Kier molecular flexibility index (Phi) is 20.0. The quantitative estimate of drug-likeness (QED) is 0.300. The molecule has 0 bridgehead atoms. The highest BCUT2D eigenvalue weighted by Gasteiger charge is 1.95. The Morgan fingerprint density at radius 1 is 0.818 bits per heavy atom. The maximum atomic E-state index is 10.7. The minimum absolute atomic E-state index is 0.306. The van der Waals surface area contributed by atoms with Gasteiger partial charge in [-0.3, -0.25) is 0 Å². The highest BCUT2D eigenvalue weighted by atomic mass is 16.5. The Labute approximate surface area is 135 Å². The molecule has 4 nitrogen and oxygen atoms in total. The molecule has 0 radical (unpaired) electrons. The summed E-state index contributed by atoms with van der Waals surface area (Å²) in [6.07, 6.45) is 13.8. The number of esters is 2. The van der Waals surface area contributed by atoms with E-state index < -0.39 is 5.97 Å². The molecule has 0 atom stereocenters. The second kappa shape index (κ2) is 19.4. The van der Waals surface area contributed by atoms with Crippen LogP contribution in [-0.2, 0) is 19.1 Å². The van der Waals surface area contributed by atoms with E-state index in [0.717, 1.165) is 18.9 Å². The summed E-state index contributed by atoms with van der Waals surface area (Å²) in [4.78, 5) is 20.5. The van der Waals surface area contributed by atoms with Crippen LogP contribution in [0.2, 0.25) is 0 Å². The molecule has 0 aliphatic carbocycles. The fraction of sp³-hybridized carbons (Fsp3) is 0.667. The monoisotopic (exact) mass is 312 g/mol. The number of carbonyl (C=O) groups is 2. The van der Waals surface area contributed by atoms with Gasteiger partial charge in [-0.2, -0.15) is 0 Å². The molecule has 0 aromatic rings. The molecule has 0 unspecified atom stereocenters. The van der Waals surface area contributed by atoms with E-state index in [2.05, 4.69) is 24.8 Å². The molecular formula is C18H32O4. The van der Waals surface area contributed by atoms with Gasteiger partial charge in [-0.1, -0.05) is 71.4 Å². The number of ether oxygens (including phenoxy) is 2. The molecule has 22 heavy (non-hydrogen) atoms. The molecule has 0 rings (SSSR count). The van der Waals surface area contributed by atoms with Gasteiger partial charge in [0.05, 0.1) is 13.7 Å². The third-order valence-electron chi connectivity index (χ3n) is 3.03. The number of hydrogen-bond acceptors (Lipinski definition) is 4. The van der Waals surface area contributed by atoms with Crippen LogP contribution in [0.3, 0.4) is 0 Å². The molecule has 0 fully saturated rings. The number of hydrogen-bond donors (Lipinski definition) is 0. The molecule has 0 saturated carbocycles. The highest BCUT2D eigenvalue weighted by Crippen LogP contribution is 2.09. The van der Waals surface area contributed by atoms with Crippen molar-refractivity contribution < 1.29 is 19.1 Å². The van der Waals surface area contributed by atoms with Crippen LogP contribution in [0.5, 0.6) is 0 Å². The predicted octanol–water partition coefficient (Wildman–Crippen LogP) is 4.59. The lowest BCUT2D eigenvalue weighted by atomic mass is 10.1. The summed E-state index contributed by atoms with van der Waals surface area (Å²) in [7, 11) is 1.31. The van der Waals surface area contributed by atoms with Gasteiger partial charge in [0.1, 0.15) is 0 Å². The third kappa shape index (κ3) is 20.7. The Morgan fingerprint density at radius 3 is 1.64 bits per heavy atom. The lowest BCUT2D eigenvalue weighted by molar-refractivity contribution is -0.138. The first-order valence-electron chi connectivity index (χ1n) is 8.11. The molecule has 4 heteroatoms. The Hall–Kier alpha value is -1.58.